The second-order valence-electron chi connectivity index (χ2n) is 6.76. The molecule has 3 aromatic rings. The first-order chi connectivity index (χ1) is 13.5. The highest BCUT2D eigenvalue weighted by molar-refractivity contribution is 9.10. The fourth-order valence-corrected chi connectivity index (χ4v) is 5.04. The molecule has 1 fully saturated rings. The summed E-state index contributed by atoms with van der Waals surface area (Å²) in [5, 5.41) is 13.7. The number of pyridine rings is 1. The Balaban J connectivity index is 1.88. The average Bonchev–Trinajstić information content (AvgIpc) is 2.70. The van der Waals surface area contributed by atoms with Crippen molar-refractivity contribution in [1.82, 2.24) is 4.98 Å². The molecule has 1 aliphatic heterocycles. The van der Waals surface area contributed by atoms with Crippen LogP contribution in [-0.4, -0.2) is 27.6 Å². The van der Waals surface area contributed by atoms with Crippen LogP contribution in [-0.2, 0) is 0 Å². The Kier molecular flexibility index (Phi) is 5.55. The minimum atomic E-state index is -1.17. The number of hydrogen-bond acceptors (Lipinski definition) is 4. The van der Waals surface area contributed by atoms with Crippen molar-refractivity contribution in [2.45, 2.75) is 18.8 Å². The number of carboxylic acid groups (broad SMARTS) is 1. The number of nitrogens with zero attached hydrogens (tertiary/aromatic N) is 1. The summed E-state index contributed by atoms with van der Waals surface area (Å²) in [6.45, 7) is 0. The third kappa shape index (κ3) is 3.86. The lowest BCUT2D eigenvalue weighted by molar-refractivity contribution is 0.0697. The minimum absolute atomic E-state index is 0.0925. The Labute approximate surface area is 174 Å². The highest BCUT2D eigenvalue weighted by Gasteiger charge is 2.22. The van der Waals surface area contributed by atoms with E-state index in [1.54, 1.807) is 0 Å². The van der Waals surface area contributed by atoms with Gasteiger partial charge in [0.15, 0.2) is 0 Å². The molecule has 2 N–H and O–H groups in total. The lowest BCUT2D eigenvalue weighted by atomic mass is 9.91. The van der Waals surface area contributed by atoms with Crippen LogP contribution in [0.2, 0.25) is 0 Å². The van der Waals surface area contributed by atoms with Gasteiger partial charge in [0.25, 0.3) is 0 Å². The molecule has 0 aliphatic carbocycles. The van der Waals surface area contributed by atoms with Gasteiger partial charge in [-0.25, -0.2) is 9.18 Å². The van der Waals surface area contributed by atoms with Crippen LogP contribution in [0.15, 0.2) is 47.1 Å². The zero-order chi connectivity index (χ0) is 19.7. The molecule has 4 rings (SSSR count). The van der Waals surface area contributed by atoms with Crippen molar-refractivity contribution in [3.63, 3.8) is 0 Å². The van der Waals surface area contributed by atoms with Crippen LogP contribution in [0, 0.1) is 5.82 Å². The van der Waals surface area contributed by atoms with Gasteiger partial charge in [0, 0.05) is 16.1 Å². The molecule has 1 aliphatic rings. The Bertz CT molecular complexity index is 1050. The maximum Gasteiger partial charge on any atom is 0.337 e. The van der Waals surface area contributed by atoms with E-state index in [0.717, 1.165) is 57.0 Å². The summed E-state index contributed by atoms with van der Waals surface area (Å²) in [6.07, 6.45) is 3.99. The molecule has 0 amide bonds. The number of carboxylic acids is 1. The molecule has 0 bridgehead atoms. The number of halogens is 2. The standard InChI is InChI=1S/C21H18BrFN2O2S/c22-13-1-3-18-15(9-13)20(17(11-24-18)12-5-7-28-8-6-12)25-19-4-2-14(23)10-16(19)21(26)27/h1-4,9-12H,5-8H2,(H,24,25)(H,26,27). The van der Waals surface area contributed by atoms with Crippen LogP contribution in [0.1, 0.15) is 34.7 Å². The van der Waals surface area contributed by atoms with E-state index in [1.165, 1.54) is 12.1 Å². The van der Waals surface area contributed by atoms with Crippen molar-refractivity contribution in [1.29, 1.82) is 0 Å². The maximum absolute atomic E-state index is 13.6. The van der Waals surface area contributed by atoms with E-state index in [9.17, 15) is 14.3 Å². The Morgan fingerprint density at radius 3 is 2.75 bits per heavy atom. The van der Waals surface area contributed by atoms with Gasteiger partial charge in [-0.2, -0.15) is 11.8 Å². The summed E-state index contributed by atoms with van der Waals surface area (Å²) in [7, 11) is 0. The molecular formula is C21H18BrFN2O2S. The normalized spacial score (nSPS) is 14.9. The lowest BCUT2D eigenvalue weighted by Crippen LogP contribution is -2.12. The second-order valence-corrected chi connectivity index (χ2v) is 8.90. The first-order valence-electron chi connectivity index (χ1n) is 8.98. The third-order valence-electron chi connectivity index (χ3n) is 4.99. The van der Waals surface area contributed by atoms with E-state index in [-0.39, 0.29) is 5.56 Å². The van der Waals surface area contributed by atoms with Gasteiger partial charge in [0.1, 0.15) is 5.82 Å². The monoisotopic (exact) mass is 460 g/mol. The number of benzene rings is 2. The summed E-state index contributed by atoms with van der Waals surface area (Å²) < 4.78 is 14.5. The van der Waals surface area contributed by atoms with Gasteiger partial charge in [-0.3, -0.25) is 4.98 Å². The number of thioether (sulfide) groups is 1. The Morgan fingerprint density at radius 1 is 1.21 bits per heavy atom. The highest BCUT2D eigenvalue weighted by Crippen LogP contribution is 2.40. The van der Waals surface area contributed by atoms with Crippen molar-refractivity contribution in [3.05, 3.63) is 64.0 Å². The summed E-state index contributed by atoms with van der Waals surface area (Å²) in [5.74, 6) is 0.801. The smallest absolute Gasteiger partial charge is 0.337 e. The number of fused-ring (bicyclic) bond motifs is 1. The fraction of sp³-hybridized carbons (Fsp3) is 0.238. The first-order valence-corrected chi connectivity index (χ1v) is 10.9. The van der Waals surface area contributed by atoms with Crippen molar-refractivity contribution < 1.29 is 14.3 Å². The molecule has 4 nitrogen and oxygen atoms in total. The van der Waals surface area contributed by atoms with Gasteiger partial charge < -0.3 is 10.4 Å². The van der Waals surface area contributed by atoms with E-state index >= 15 is 0 Å². The zero-order valence-electron chi connectivity index (χ0n) is 14.9. The Hall–Kier alpha value is -2.12. The zero-order valence-corrected chi connectivity index (χ0v) is 17.3. The van der Waals surface area contributed by atoms with E-state index in [1.807, 2.05) is 36.2 Å². The van der Waals surface area contributed by atoms with Gasteiger partial charge in [0.2, 0.25) is 0 Å². The summed E-state index contributed by atoms with van der Waals surface area (Å²) in [4.78, 5) is 16.3. The van der Waals surface area contributed by atoms with Crippen LogP contribution in [0.5, 0.6) is 0 Å². The number of aromatic carboxylic acids is 1. The highest BCUT2D eigenvalue weighted by atomic mass is 79.9. The summed E-state index contributed by atoms with van der Waals surface area (Å²) in [6, 6.07) is 9.62. The number of nitrogens with one attached hydrogen (secondary N) is 1. The largest absolute Gasteiger partial charge is 0.478 e. The maximum atomic E-state index is 13.6. The molecule has 2 aromatic carbocycles. The molecular weight excluding hydrogens is 443 g/mol. The topological polar surface area (TPSA) is 62.2 Å². The minimum Gasteiger partial charge on any atom is -0.478 e. The molecule has 1 saturated heterocycles. The predicted molar refractivity (Wildman–Crippen MR) is 115 cm³/mol. The number of hydrogen-bond donors (Lipinski definition) is 2. The molecule has 0 saturated carbocycles. The summed E-state index contributed by atoms with van der Waals surface area (Å²) in [5.41, 5.74) is 3.01. The van der Waals surface area contributed by atoms with Crippen LogP contribution in [0.25, 0.3) is 10.9 Å². The molecule has 1 aromatic heterocycles. The van der Waals surface area contributed by atoms with E-state index in [2.05, 4.69) is 26.2 Å². The van der Waals surface area contributed by atoms with Gasteiger partial charge in [-0.1, -0.05) is 15.9 Å². The molecule has 144 valence electrons. The van der Waals surface area contributed by atoms with Crippen molar-refractivity contribution in [2.24, 2.45) is 0 Å². The van der Waals surface area contributed by atoms with Gasteiger partial charge >= 0.3 is 5.97 Å². The third-order valence-corrected chi connectivity index (χ3v) is 6.53. The number of anilines is 2. The van der Waals surface area contributed by atoms with Crippen LogP contribution >= 0.6 is 27.7 Å². The first kappa shape index (κ1) is 19.2. The number of carbonyl (C=O) groups is 1. The van der Waals surface area contributed by atoms with Gasteiger partial charge in [-0.15, -0.1) is 0 Å². The van der Waals surface area contributed by atoms with Gasteiger partial charge in [-0.05, 0) is 72.2 Å². The fourth-order valence-electron chi connectivity index (χ4n) is 3.57. The molecule has 2 heterocycles. The van der Waals surface area contributed by atoms with Crippen LogP contribution in [0.4, 0.5) is 15.8 Å². The molecule has 0 spiro atoms. The summed E-state index contributed by atoms with van der Waals surface area (Å²) >= 11 is 5.47. The lowest BCUT2D eigenvalue weighted by Gasteiger charge is -2.25. The van der Waals surface area contributed by atoms with E-state index in [4.69, 9.17) is 0 Å². The predicted octanol–water partition coefficient (Wildman–Crippen LogP) is 6.19. The molecule has 0 atom stereocenters. The SMILES string of the molecule is O=C(O)c1cc(F)ccc1Nc1c(C2CCSCC2)cnc2ccc(Br)cc12. The Morgan fingerprint density at radius 2 is 2.00 bits per heavy atom. The van der Waals surface area contributed by atoms with Crippen molar-refractivity contribution >= 4 is 55.9 Å². The molecule has 7 heteroatoms. The van der Waals surface area contributed by atoms with Crippen LogP contribution in [0.3, 0.4) is 0 Å². The average molecular weight is 461 g/mol. The van der Waals surface area contributed by atoms with Crippen LogP contribution < -0.4 is 5.32 Å². The number of aromatic nitrogens is 1. The van der Waals surface area contributed by atoms with E-state index < -0.39 is 11.8 Å². The molecule has 0 unspecified atom stereocenters. The molecule has 28 heavy (non-hydrogen) atoms. The van der Waals surface area contributed by atoms with Crippen molar-refractivity contribution in [3.8, 4) is 0 Å². The second kappa shape index (κ2) is 8.09. The van der Waals surface area contributed by atoms with Crippen molar-refractivity contribution in [2.75, 3.05) is 16.8 Å². The quantitative estimate of drug-likeness (QED) is 0.485. The number of rotatable bonds is 4. The van der Waals surface area contributed by atoms with Gasteiger partial charge in [0.05, 0.1) is 22.5 Å². The van der Waals surface area contributed by atoms with E-state index in [0.29, 0.717) is 11.6 Å². The molecule has 0 radical (unpaired) electrons.